The number of allylic oxidation sites excluding steroid dienone is 1. The number of hydrogen-bond acceptors (Lipinski definition) is 10. The molecule has 6 rings (SSSR count). The number of rotatable bonds is 20. The summed E-state index contributed by atoms with van der Waals surface area (Å²) in [6.07, 6.45) is 8.71. The number of aliphatic hydroxyl groups is 2. The van der Waals surface area contributed by atoms with Gasteiger partial charge < -0.3 is 39.5 Å². The predicted molar refractivity (Wildman–Crippen MR) is 228 cm³/mol. The van der Waals surface area contributed by atoms with Gasteiger partial charge in [0, 0.05) is 49.8 Å². The van der Waals surface area contributed by atoms with Crippen LogP contribution in [0.1, 0.15) is 98.2 Å². The molecule has 3 aliphatic rings. The van der Waals surface area contributed by atoms with Crippen LogP contribution in [0.2, 0.25) is 0 Å². The fourth-order valence-electron chi connectivity index (χ4n) is 9.26. The van der Waals surface area contributed by atoms with Crippen LogP contribution < -0.4 is 14.8 Å². The van der Waals surface area contributed by atoms with Crippen LogP contribution >= 0.6 is 0 Å². The van der Waals surface area contributed by atoms with Gasteiger partial charge in [-0.2, -0.15) is 5.26 Å². The average molecular weight is 819 g/mol. The van der Waals surface area contributed by atoms with Crippen LogP contribution in [-0.2, 0) is 16.1 Å². The van der Waals surface area contributed by atoms with Gasteiger partial charge in [-0.25, -0.2) is 4.79 Å². The van der Waals surface area contributed by atoms with Crippen molar-refractivity contribution in [3.05, 3.63) is 119 Å². The number of unbranched alkanes of at least 4 members (excludes halogenated alkanes) is 2. The van der Waals surface area contributed by atoms with Gasteiger partial charge in [0.1, 0.15) is 24.1 Å². The lowest BCUT2D eigenvalue weighted by Crippen LogP contribution is -2.70. The first kappa shape index (κ1) is 44.1. The van der Waals surface area contributed by atoms with E-state index in [1.807, 2.05) is 61.2 Å². The molecule has 3 aromatic rings. The van der Waals surface area contributed by atoms with E-state index in [0.29, 0.717) is 67.3 Å². The van der Waals surface area contributed by atoms with Crippen molar-refractivity contribution in [1.82, 2.24) is 10.2 Å². The minimum atomic E-state index is -1.43. The van der Waals surface area contributed by atoms with Crippen LogP contribution in [0.5, 0.6) is 11.5 Å². The molecule has 0 saturated heterocycles. The van der Waals surface area contributed by atoms with Crippen molar-refractivity contribution in [1.29, 1.82) is 5.26 Å². The van der Waals surface area contributed by atoms with E-state index in [1.165, 1.54) is 0 Å². The van der Waals surface area contributed by atoms with Gasteiger partial charge in [0.2, 0.25) is 5.79 Å². The summed E-state index contributed by atoms with van der Waals surface area (Å²) in [6, 6.07) is 23.1. The average Bonchev–Trinajstić information content (AvgIpc) is 3.27. The Hall–Kier alpha value is -5.48. The summed E-state index contributed by atoms with van der Waals surface area (Å²) in [5.41, 5.74) is 4.28. The number of nitrogens with one attached hydrogen (secondary N) is 1. The number of amides is 2. The molecule has 60 heavy (non-hydrogen) atoms. The standard InChI is InChI=1S/C48H58N4O8/c1-4-24-52(46(55)35-20-18-33(31-49)19-21-35)43-30-41(51-58-6-3)39-28-36(16-10-12-25-53)38(17-11-13-26-54)44-40-29-37(59-47(56)50-32-34-14-8-7-9-15-34)22-23-42(40)60-48(43,45(39)44)57-27-5-2/h5,7-9,14-15,18-23,28-29,36,38,43-45,53-54H,2,4,6,10-13,16-17,24-27,30,32H2,1,3H3,(H,50,56)/t36-,38+,43-,44+,45+,48+/m0/s1. The lowest BCUT2D eigenvalue weighted by atomic mass is 9.55. The van der Waals surface area contributed by atoms with E-state index < -0.39 is 23.8 Å². The van der Waals surface area contributed by atoms with E-state index >= 15 is 0 Å². The number of aliphatic hydroxyl groups excluding tert-OH is 2. The first-order chi connectivity index (χ1) is 29.3. The molecule has 3 N–H and O–H groups in total. The van der Waals surface area contributed by atoms with E-state index in [-0.39, 0.29) is 49.9 Å². The zero-order chi connectivity index (χ0) is 42.5. The minimum Gasteiger partial charge on any atom is -0.459 e. The minimum absolute atomic E-state index is 0.00134. The number of nitrogens with zero attached hydrogens (tertiary/aromatic N) is 3. The summed E-state index contributed by atoms with van der Waals surface area (Å²) in [5.74, 6) is -1.50. The number of carbonyl (C=O) groups excluding carboxylic acids is 2. The van der Waals surface area contributed by atoms with Crippen molar-refractivity contribution in [2.75, 3.05) is 33.0 Å². The molecule has 1 saturated carbocycles. The Morgan fingerprint density at radius 3 is 2.47 bits per heavy atom. The summed E-state index contributed by atoms with van der Waals surface area (Å²) in [7, 11) is 0. The van der Waals surface area contributed by atoms with Crippen LogP contribution in [0, 0.1) is 29.1 Å². The fraction of sp³-hybridized carbons (Fsp3) is 0.458. The summed E-state index contributed by atoms with van der Waals surface area (Å²) < 4.78 is 20.2. The number of benzene rings is 3. The molecular formula is C48H58N4O8. The maximum absolute atomic E-state index is 14.8. The van der Waals surface area contributed by atoms with Crippen molar-refractivity contribution in [2.45, 2.75) is 89.5 Å². The van der Waals surface area contributed by atoms with Crippen molar-refractivity contribution >= 4 is 17.7 Å². The van der Waals surface area contributed by atoms with Crippen LogP contribution in [-0.4, -0.2) is 77.6 Å². The molecule has 1 fully saturated rings. The topological polar surface area (TPSA) is 163 Å². The van der Waals surface area contributed by atoms with E-state index in [0.717, 1.165) is 42.4 Å². The Morgan fingerprint density at radius 1 is 1.03 bits per heavy atom. The molecule has 3 aromatic carbocycles. The molecule has 6 atom stereocenters. The molecule has 1 heterocycles. The lowest BCUT2D eigenvalue weighted by Gasteiger charge is -2.60. The maximum atomic E-state index is 14.8. The first-order valence-electron chi connectivity index (χ1n) is 21.3. The second-order valence-corrected chi connectivity index (χ2v) is 15.6. The Balaban J connectivity index is 1.53. The highest BCUT2D eigenvalue weighted by atomic mass is 16.7. The molecule has 0 unspecified atom stereocenters. The maximum Gasteiger partial charge on any atom is 0.412 e. The molecule has 2 aliphatic carbocycles. The van der Waals surface area contributed by atoms with Crippen LogP contribution in [0.4, 0.5) is 4.79 Å². The van der Waals surface area contributed by atoms with Gasteiger partial charge in [-0.1, -0.05) is 67.4 Å². The van der Waals surface area contributed by atoms with Crippen molar-refractivity contribution < 1.29 is 38.9 Å². The number of oxime groups is 1. The molecule has 318 valence electrons. The second kappa shape index (κ2) is 21.2. The van der Waals surface area contributed by atoms with Gasteiger partial charge >= 0.3 is 6.09 Å². The number of ether oxygens (including phenoxy) is 3. The molecule has 12 heteroatoms. The number of fused-ring (bicyclic) bond motifs is 2. The zero-order valence-electron chi connectivity index (χ0n) is 34.8. The third kappa shape index (κ3) is 9.76. The monoisotopic (exact) mass is 818 g/mol. The Kier molecular flexibility index (Phi) is 15.5. The highest BCUT2D eigenvalue weighted by Gasteiger charge is 2.65. The van der Waals surface area contributed by atoms with E-state index in [9.17, 15) is 25.1 Å². The van der Waals surface area contributed by atoms with Crippen molar-refractivity contribution in [3.63, 3.8) is 0 Å². The smallest absolute Gasteiger partial charge is 0.412 e. The van der Waals surface area contributed by atoms with Crippen LogP contribution in [0.3, 0.4) is 0 Å². The second-order valence-electron chi connectivity index (χ2n) is 15.6. The normalized spacial score (nSPS) is 23.2. The summed E-state index contributed by atoms with van der Waals surface area (Å²) >= 11 is 0. The highest BCUT2D eigenvalue weighted by molar-refractivity contribution is 6.03. The van der Waals surface area contributed by atoms with E-state index in [4.69, 9.17) is 24.2 Å². The summed E-state index contributed by atoms with van der Waals surface area (Å²) in [5, 5.41) is 36.9. The van der Waals surface area contributed by atoms with Gasteiger partial charge in [-0.05, 0) is 104 Å². The quantitative estimate of drug-likeness (QED) is 0.0582. The van der Waals surface area contributed by atoms with Crippen LogP contribution in [0.25, 0.3) is 0 Å². The molecule has 0 bridgehead atoms. The first-order valence-corrected chi connectivity index (χ1v) is 21.3. The van der Waals surface area contributed by atoms with Gasteiger partial charge in [0.15, 0.2) is 0 Å². The molecule has 2 amide bonds. The molecule has 0 radical (unpaired) electrons. The molecular weight excluding hydrogens is 761 g/mol. The van der Waals surface area contributed by atoms with Gasteiger partial charge in [0.25, 0.3) is 5.91 Å². The SMILES string of the molecule is C=CCO[C@@]12Oc3ccc(OC(=O)NCc4ccccc4)cc3[C@H]3[C@H](CCCCO)[C@@H](CCCCO)C=C(C(=NOCC)C[C@@H]1N(CCC)C(=O)c1ccc(C#N)cc1)[C@H]32. The summed E-state index contributed by atoms with van der Waals surface area (Å²) in [6.45, 7) is 9.21. The van der Waals surface area contributed by atoms with Gasteiger partial charge in [-0.15, -0.1) is 6.58 Å². The third-order valence-electron chi connectivity index (χ3n) is 11.8. The fourth-order valence-corrected chi connectivity index (χ4v) is 9.26. The number of carbonyl (C=O) groups is 2. The zero-order valence-corrected chi connectivity index (χ0v) is 34.8. The Morgan fingerprint density at radius 2 is 1.78 bits per heavy atom. The highest BCUT2D eigenvalue weighted by Crippen LogP contribution is 2.62. The number of hydrogen-bond donors (Lipinski definition) is 3. The van der Waals surface area contributed by atoms with Gasteiger partial charge in [0.05, 0.1) is 29.9 Å². The number of nitriles is 1. The lowest BCUT2D eigenvalue weighted by molar-refractivity contribution is -0.254. The predicted octanol–water partition coefficient (Wildman–Crippen LogP) is 8.05. The van der Waals surface area contributed by atoms with Crippen LogP contribution in [0.15, 0.2) is 102 Å². The Labute approximate surface area is 353 Å². The molecule has 0 spiro atoms. The van der Waals surface area contributed by atoms with Crippen molar-refractivity contribution in [2.24, 2.45) is 22.9 Å². The van der Waals surface area contributed by atoms with E-state index in [1.54, 1.807) is 36.4 Å². The van der Waals surface area contributed by atoms with Gasteiger partial charge in [-0.3, -0.25) is 4.79 Å². The van der Waals surface area contributed by atoms with E-state index in [2.05, 4.69) is 24.0 Å². The molecule has 1 aliphatic heterocycles. The molecule has 12 nitrogen and oxygen atoms in total. The molecule has 0 aromatic heterocycles. The Bertz CT molecular complexity index is 2030. The largest absolute Gasteiger partial charge is 0.459 e. The van der Waals surface area contributed by atoms with Crippen molar-refractivity contribution in [3.8, 4) is 17.6 Å². The summed E-state index contributed by atoms with van der Waals surface area (Å²) in [4.78, 5) is 35.7. The third-order valence-corrected chi connectivity index (χ3v) is 11.8.